The van der Waals surface area contributed by atoms with Gasteiger partial charge < -0.3 is 14.1 Å². The lowest BCUT2D eigenvalue weighted by Gasteiger charge is -2.22. The summed E-state index contributed by atoms with van der Waals surface area (Å²) in [5, 5.41) is 0. The largest absolute Gasteiger partial charge is 0.466 e. The third-order valence-corrected chi connectivity index (χ3v) is 3.87. The molecule has 1 aliphatic rings. The normalized spacial score (nSPS) is 17.2. The highest BCUT2D eigenvalue weighted by atomic mass is 16.5. The lowest BCUT2D eigenvalue weighted by atomic mass is 9.84. The molecule has 1 N–H and O–H groups in total. The first-order valence-corrected chi connectivity index (χ1v) is 6.93. The minimum absolute atomic E-state index is 0.103. The van der Waals surface area contributed by atoms with Crippen molar-refractivity contribution in [3.8, 4) is 0 Å². The van der Waals surface area contributed by atoms with Crippen molar-refractivity contribution >= 4 is 11.8 Å². The van der Waals surface area contributed by atoms with E-state index in [0.29, 0.717) is 17.7 Å². The molecule has 0 bridgehead atoms. The molecule has 6 heteroatoms. The highest BCUT2D eigenvalue weighted by Gasteiger charge is 2.30. The molecular weight excluding hydrogens is 286 g/mol. The second kappa shape index (κ2) is 5.29. The van der Waals surface area contributed by atoms with Crippen molar-refractivity contribution < 1.29 is 18.7 Å². The Morgan fingerprint density at radius 1 is 1.32 bits per heavy atom. The van der Waals surface area contributed by atoms with Gasteiger partial charge in [-0.2, -0.15) is 0 Å². The molecule has 2 heterocycles. The van der Waals surface area contributed by atoms with Crippen LogP contribution in [0, 0.1) is 6.92 Å². The fourth-order valence-electron chi connectivity index (χ4n) is 2.77. The fourth-order valence-corrected chi connectivity index (χ4v) is 2.77. The van der Waals surface area contributed by atoms with Gasteiger partial charge in [0, 0.05) is 23.6 Å². The summed E-state index contributed by atoms with van der Waals surface area (Å²) in [6.07, 6.45) is 0.775. The number of aromatic nitrogens is 1. The Bertz CT molecular complexity index is 814. The molecule has 6 nitrogen and oxygen atoms in total. The van der Waals surface area contributed by atoms with Gasteiger partial charge in [0.05, 0.1) is 7.11 Å². The second-order valence-corrected chi connectivity index (χ2v) is 5.37. The average molecular weight is 301 g/mol. The molecule has 0 radical (unpaired) electrons. The maximum Gasteiger partial charge on any atom is 0.343 e. The number of rotatable bonds is 2. The Morgan fingerprint density at radius 2 is 2.09 bits per heavy atom. The molecule has 22 heavy (non-hydrogen) atoms. The van der Waals surface area contributed by atoms with Gasteiger partial charge in [-0.25, -0.2) is 4.79 Å². The van der Waals surface area contributed by atoms with Crippen LogP contribution in [0.4, 0.5) is 0 Å². The summed E-state index contributed by atoms with van der Waals surface area (Å²) in [6, 6.07) is 5.02. The predicted molar refractivity (Wildman–Crippen MR) is 77.2 cm³/mol. The minimum atomic E-state index is -0.749. The van der Waals surface area contributed by atoms with Crippen LogP contribution in [-0.2, 0) is 11.2 Å². The highest BCUT2D eigenvalue weighted by Crippen LogP contribution is 2.32. The number of aryl methyl sites for hydroxylation is 1. The van der Waals surface area contributed by atoms with E-state index >= 15 is 0 Å². The zero-order valence-corrected chi connectivity index (χ0v) is 12.3. The predicted octanol–water partition coefficient (Wildman–Crippen LogP) is 1.98. The van der Waals surface area contributed by atoms with Gasteiger partial charge in [0.25, 0.3) is 5.56 Å². The lowest BCUT2D eigenvalue weighted by Crippen LogP contribution is -2.27. The summed E-state index contributed by atoms with van der Waals surface area (Å²) in [5.74, 6) is 0.535. The van der Waals surface area contributed by atoms with E-state index in [1.165, 1.54) is 13.2 Å². The summed E-state index contributed by atoms with van der Waals surface area (Å²) in [5.41, 5.74) is 0.212. The number of nitrogens with one attached hydrogen (secondary N) is 1. The smallest absolute Gasteiger partial charge is 0.343 e. The van der Waals surface area contributed by atoms with Gasteiger partial charge in [0.15, 0.2) is 5.78 Å². The van der Waals surface area contributed by atoms with E-state index in [1.54, 1.807) is 0 Å². The average Bonchev–Trinajstić information content (AvgIpc) is 2.92. The molecule has 3 rings (SSSR count). The molecule has 1 aliphatic carbocycles. The molecule has 1 atom stereocenters. The third-order valence-electron chi connectivity index (χ3n) is 3.87. The van der Waals surface area contributed by atoms with E-state index in [-0.39, 0.29) is 23.7 Å². The fraction of sp³-hybridized carbons (Fsp3) is 0.312. The van der Waals surface area contributed by atoms with Crippen LogP contribution in [-0.4, -0.2) is 23.8 Å². The Morgan fingerprint density at radius 3 is 2.73 bits per heavy atom. The SMILES string of the molecule is COC(=O)c1cc2c([nH]c1=O)C[C@@H](c1ccc(C)o1)CC2=O. The van der Waals surface area contributed by atoms with Crippen molar-refractivity contribution in [2.24, 2.45) is 0 Å². The number of hydrogen-bond acceptors (Lipinski definition) is 5. The monoisotopic (exact) mass is 301 g/mol. The van der Waals surface area contributed by atoms with Gasteiger partial charge in [0.1, 0.15) is 17.1 Å². The van der Waals surface area contributed by atoms with Gasteiger partial charge in [-0.05, 0) is 31.5 Å². The van der Waals surface area contributed by atoms with E-state index in [4.69, 9.17) is 4.42 Å². The van der Waals surface area contributed by atoms with Crippen molar-refractivity contribution in [3.63, 3.8) is 0 Å². The number of hydrogen-bond donors (Lipinski definition) is 1. The van der Waals surface area contributed by atoms with Crippen LogP contribution in [0.5, 0.6) is 0 Å². The standard InChI is InChI=1S/C16H15NO5/c1-8-3-4-14(22-8)9-5-12-10(13(18)6-9)7-11(15(19)17-12)16(20)21-2/h3-4,7,9H,5-6H2,1-2H3,(H,17,19)/t9-/m1/s1. The third kappa shape index (κ3) is 2.36. The molecule has 0 aliphatic heterocycles. The van der Waals surface area contributed by atoms with Gasteiger partial charge in [-0.1, -0.05) is 0 Å². The number of ketones is 1. The van der Waals surface area contributed by atoms with Crippen LogP contribution in [0.15, 0.2) is 27.4 Å². The van der Waals surface area contributed by atoms with Crippen LogP contribution < -0.4 is 5.56 Å². The molecule has 0 unspecified atom stereocenters. The molecule has 0 fully saturated rings. The van der Waals surface area contributed by atoms with Crippen LogP contribution in [0.2, 0.25) is 0 Å². The topological polar surface area (TPSA) is 89.4 Å². The number of carbonyl (C=O) groups excluding carboxylic acids is 2. The summed E-state index contributed by atoms with van der Waals surface area (Å²) >= 11 is 0. The van der Waals surface area contributed by atoms with Crippen LogP contribution in [0.25, 0.3) is 0 Å². The number of carbonyl (C=O) groups is 2. The molecule has 0 saturated carbocycles. The number of methoxy groups -OCH3 is 1. The van der Waals surface area contributed by atoms with Crippen molar-refractivity contribution in [2.45, 2.75) is 25.7 Å². The van der Waals surface area contributed by atoms with Gasteiger partial charge in [-0.3, -0.25) is 9.59 Å². The van der Waals surface area contributed by atoms with Gasteiger partial charge in [-0.15, -0.1) is 0 Å². The summed E-state index contributed by atoms with van der Waals surface area (Å²) in [7, 11) is 1.19. The Balaban J connectivity index is 2.01. The summed E-state index contributed by atoms with van der Waals surface area (Å²) < 4.78 is 10.1. The molecule has 0 aromatic carbocycles. The second-order valence-electron chi connectivity index (χ2n) is 5.37. The maximum absolute atomic E-state index is 12.3. The first-order valence-electron chi connectivity index (χ1n) is 6.93. The Labute approximate surface area is 126 Å². The number of fused-ring (bicyclic) bond motifs is 1. The minimum Gasteiger partial charge on any atom is -0.466 e. The summed E-state index contributed by atoms with van der Waals surface area (Å²) in [6.45, 7) is 1.84. The van der Waals surface area contributed by atoms with E-state index in [9.17, 15) is 14.4 Å². The molecule has 0 spiro atoms. The number of H-pyrrole nitrogens is 1. The summed E-state index contributed by atoms with van der Waals surface area (Å²) in [4.78, 5) is 38.5. The Hall–Kier alpha value is -2.63. The van der Waals surface area contributed by atoms with Crippen molar-refractivity contribution in [3.05, 3.63) is 56.9 Å². The molecule has 2 aromatic heterocycles. The molecule has 2 aromatic rings. The zero-order chi connectivity index (χ0) is 15.9. The van der Waals surface area contributed by atoms with Crippen molar-refractivity contribution in [1.82, 2.24) is 4.98 Å². The molecule has 0 amide bonds. The van der Waals surface area contributed by atoms with E-state index in [2.05, 4.69) is 9.72 Å². The molecular formula is C16H15NO5. The van der Waals surface area contributed by atoms with Crippen LogP contribution in [0.1, 0.15) is 50.3 Å². The van der Waals surface area contributed by atoms with Gasteiger partial charge >= 0.3 is 5.97 Å². The van der Waals surface area contributed by atoms with Crippen molar-refractivity contribution in [1.29, 1.82) is 0 Å². The number of aromatic amines is 1. The molecule has 0 saturated heterocycles. The highest BCUT2D eigenvalue weighted by molar-refractivity contribution is 6.01. The van der Waals surface area contributed by atoms with E-state index in [1.807, 2.05) is 19.1 Å². The number of Topliss-reactive ketones (excluding diaryl/α,β-unsaturated/α-hetero) is 1. The number of esters is 1. The van der Waals surface area contributed by atoms with Crippen molar-refractivity contribution in [2.75, 3.05) is 7.11 Å². The van der Waals surface area contributed by atoms with E-state index in [0.717, 1.165) is 11.5 Å². The van der Waals surface area contributed by atoms with Crippen LogP contribution in [0.3, 0.4) is 0 Å². The zero-order valence-electron chi connectivity index (χ0n) is 12.3. The number of furan rings is 1. The lowest BCUT2D eigenvalue weighted by molar-refractivity contribution is 0.0598. The van der Waals surface area contributed by atoms with Crippen LogP contribution >= 0.6 is 0 Å². The van der Waals surface area contributed by atoms with Gasteiger partial charge in [0.2, 0.25) is 0 Å². The number of pyridine rings is 1. The molecule has 114 valence electrons. The quantitative estimate of drug-likeness (QED) is 0.857. The Kier molecular flexibility index (Phi) is 3.44. The first kappa shape index (κ1) is 14.3. The van der Waals surface area contributed by atoms with E-state index < -0.39 is 11.5 Å². The first-order chi connectivity index (χ1) is 10.5. The number of ether oxygens (including phenoxy) is 1. The maximum atomic E-state index is 12.3.